The summed E-state index contributed by atoms with van der Waals surface area (Å²) >= 11 is 0. The van der Waals surface area contributed by atoms with Crippen molar-refractivity contribution in [2.75, 3.05) is 0 Å². The van der Waals surface area contributed by atoms with Crippen LogP contribution in [-0.4, -0.2) is 14.4 Å². The normalized spacial score (nSPS) is 13.6. The van der Waals surface area contributed by atoms with Gasteiger partial charge >= 0.3 is 0 Å². The van der Waals surface area contributed by atoms with Crippen LogP contribution in [0.3, 0.4) is 0 Å². The predicted octanol–water partition coefficient (Wildman–Crippen LogP) is 4.53. The topological polar surface area (TPSA) is 9.23 Å². The molecule has 0 saturated heterocycles. The van der Waals surface area contributed by atoms with Crippen LogP contribution in [-0.2, 0) is 4.43 Å². The average molecular weight is 349 g/mol. The summed E-state index contributed by atoms with van der Waals surface area (Å²) in [5.74, 6) is 2.59. The lowest BCUT2D eigenvalue weighted by atomic mass is 10.2. The summed E-state index contributed by atoms with van der Waals surface area (Å²) in [5.41, 5.74) is 0. The molecule has 0 aliphatic carbocycles. The monoisotopic (exact) mass is 348 g/mol. The van der Waals surface area contributed by atoms with Crippen LogP contribution < -0.4 is 10.4 Å². The molecule has 2 aromatic rings. The van der Waals surface area contributed by atoms with Crippen molar-refractivity contribution >= 4 is 18.7 Å². The summed E-state index contributed by atoms with van der Waals surface area (Å²) in [7, 11) is -2.50. The highest BCUT2D eigenvalue weighted by Crippen LogP contribution is 2.37. The SMILES string of the molecule is C#C/C=C/[C@@H](CC)O[Si](c1ccccc1)(c1ccccc1)C(C)(C)C. The highest BCUT2D eigenvalue weighted by Gasteiger charge is 2.50. The second kappa shape index (κ2) is 8.34. The van der Waals surface area contributed by atoms with Crippen molar-refractivity contribution < 1.29 is 4.43 Å². The Kier molecular flexibility index (Phi) is 6.42. The summed E-state index contributed by atoms with van der Waals surface area (Å²) in [6, 6.07) is 21.4. The van der Waals surface area contributed by atoms with Crippen molar-refractivity contribution in [2.24, 2.45) is 0 Å². The Labute approximate surface area is 153 Å². The molecule has 0 aliphatic heterocycles. The van der Waals surface area contributed by atoms with Gasteiger partial charge in [-0.05, 0) is 34.0 Å². The molecule has 0 radical (unpaired) electrons. The van der Waals surface area contributed by atoms with Gasteiger partial charge in [-0.15, -0.1) is 6.42 Å². The van der Waals surface area contributed by atoms with Crippen LogP contribution in [0.5, 0.6) is 0 Å². The van der Waals surface area contributed by atoms with Crippen LogP contribution >= 0.6 is 0 Å². The van der Waals surface area contributed by atoms with Gasteiger partial charge in [0.2, 0.25) is 0 Å². The van der Waals surface area contributed by atoms with Gasteiger partial charge in [-0.25, -0.2) is 0 Å². The first-order valence-electron chi connectivity index (χ1n) is 8.87. The van der Waals surface area contributed by atoms with Gasteiger partial charge in [0.15, 0.2) is 0 Å². The maximum absolute atomic E-state index is 6.98. The Bertz CT molecular complexity index is 681. The molecule has 0 spiro atoms. The minimum absolute atomic E-state index is 0.00218. The second-order valence-electron chi connectivity index (χ2n) is 7.25. The lowest BCUT2D eigenvalue weighted by Crippen LogP contribution is -2.67. The molecule has 0 aromatic heterocycles. The van der Waals surface area contributed by atoms with E-state index in [0.29, 0.717) is 0 Å². The molecule has 0 fully saturated rings. The molecule has 0 amide bonds. The van der Waals surface area contributed by atoms with E-state index in [1.165, 1.54) is 10.4 Å². The largest absolute Gasteiger partial charge is 0.401 e. The number of allylic oxidation sites excluding steroid dienone is 1. The zero-order chi connectivity index (χ0) is 18.3. The number of rotatable bonds is 6. The van der Waals surface area contributed by atoms with Gasteiger partial charge in [-0.1, -0.05) is 94.3 Å². The fraction of sp³-hybridized carbons (Fsp3) is 0.304. The van der Waals surface area contributed by atoms with Crippen LogP contribution in [0.1, 0.15) is 34.1 Å². The van der Waals surface area contributed by atoms with Crippen molar-refractivity contribution in [2.45, 2.75) is 45.3 Å². The van der Waals surface area contributed by atoms with E-state index in [1.54, 1.807) is 6.08 Å². The lowest BCUT2D eigenvalue weighted by Gasteiger charge is -2.44. The predicted molar refractivity (Wildman–Crippen MR) is 111 cm³/mol. The highest BCUT2D eigenvalue weighted by molar-refractivity contribution is 6.99. The van der Waals surface area contributed by atoms with E-state index in [2.05, 4.69) is 94.3 Å². The van der Waals surface area contributed by atoms with Crippen LogP contribution in [0.25, 0.3) is 0 Å². The Morgan fingerprint density at radius 2 is 1.48 bits per heavy atom. The molecule has 2 rings (SSSR count). The summed E-state index contributed by atoms with van der Waals surface area (Å²) in [4.78, 5) is 0. The first-order valence-corrected chi connectivity index (χ1v) is 10.8. The maximum Gasteiger partial charge on any atom is 0.261 e. The molecule has 1 nitrogen and oxygen atoms in total. The Balaban J connectivity index is 2.68. The molecule has 0 bridgehead atoms. The van der Waals surface area contributed by atoms with Gasteiger partial charge in [0.05, 0.1) is 6.10 Å². The third kappa shape index (κ3) is 4.12. The fourth-order valence-corrected chi connectivity index (χ4v) is 8.05. The van der Waals surface area contributed by atoms with Crippen molar-refractivity contribution in [3.63, 3.8) is 0 Å². The quantitative estimate of drug-likeness (QED) is 0.550. The van der Waals surface area contributed by atoms with Gasteiger partial charge in [0.1, 0.15) is 0 Å². The first kappa shape index (κ1) is 19.2. The number of hydrogen-bond acceptors (Lipinski definition) is 1. The molecular formula is C23H28OSi. The van der Waals surface area contributed by atoms with E-state index in [4.69, 9.17) is 10.8 Å². The van der Waals surface area contributed by atoms with Crippen molar-refractivity contribution in [3.8, 4) is 12.3 Å². The molecule has 0 N–H and O–H groups in total. The molecule has 25 heavy (non-hydrogen) atoms. The van der Waals surface area contributed by atoms with Crippen molar-refractivity contribution in [1.82, 2.24) is 0 Å². The van der Waals surface area contributed by atoms with Crippen LogP contribution in [0.15, 0.2) is 72.8 Å². The molecule has 2 aromatic carbocycles. The standard InChI is InChI=1S/C23H28OSi/c1-6-8-15-20(7-2)24-25(23(3,4)5,21-16-11-9-12-17-21)22-18-13-10-14-19-22/h1,8-20H,7H2,2-5H3/b15-8+/t20-/m1/s1. The number of terminal acetylenes is 1. The smallest absolute Gasteiger partial charge is 0.261 e. The molecule has 130 valence electrons. The van der Waals surface area contributed by atoms with Crippen LogP contribution in [0.2, 0.25) is 5.04 Å². The van der Waals surface area contributed by atoms with Crippen molar-refractivity contribution in [1.29, 1.82) is 0 Å². The summed E-state index contributed by atoms with van der Waals surface area (Å²) in [6.45, 7) is 9.01. The maximum atomic E-state index is 6.98. The average Bonchev–Trinajstić information content (AvgIpc) is 2.62. The number of benzene rings is 2. The molecule has 0 heterocycles. The summed E-state index contributed by atoms with van der Waals surface area (Å²) < 4.78 is 6.98. The van der Waals surface area contributed by atoms with Gasteiger partial charge in [0.25, 0.3) is 8.32 Å². The zero-order valence-electron chi connectivity index (χ0n) is 15.7. The van der Waals surface area contributed by atoms with Crippen molar-refractivity contribution in [3.05, 3.63) is 72.8 Å². The molecular weight excluding hydrogens is 320 g/mol. The fourth-order valence-electron chi connectivity index (χ4n) is 3.34. The number of hydrogen-bond donors (Lipinski definition) is 0. The molecule has 0 unspecified atom stereocenters. The van der Waals surface area contributed by atoms with Gasteiger partial charge < -0.3 is 4.43 Å². The summed E-state index contributed by atoms with van der Waals surface area (Å²) in [5, 5.41) is 2.56. The summed E-state index contributed by atoms with van der Waals surface area (Å²) in [6.07, 6.45) is 10.1. The Hall–Kier alpha value is -2.08. The lowest BCUT2D eigenvalue weighted by molar-refractivity contribution is 0.229. The zero-order valence-corrected chi connectivity index (χ0v) is 16.7. The minimum atomic E-state index is -2.50. The van der Waals surface area contributed by atoms with Crippen LogP contribution in [0.4, 0.5) is 0 Å². The Morgan fingerprint density at radius 1 is 1.00 bits per heavy atom. The van der Waals surface area contributed by atoms with E-state index in [-0.39, 0.29) is 11.1 Å². The third-order valence-electron chi connectivity index (χ3n) is 4.55. The second-order valence-corrected chi connectivity index (χ2v) is 11.5. The molecule has 2 heteroatoms. The van der Waals surface area contributed by atoms with Gasteiger partial charge in [0, 0.05) is 0 Å². The first-order chi connectivity index (χ1) is 12.0. The van der Waals surface area contributed by atoms with Gasteiger partial charge in [-0.3, -0.25) is 0 Å². The molecule has 0 saturated carbocycles. The molecule has 1 atom stereocenters. The third-order valence-corrected chi connectivity index (χ3v) is 9.62. The van der Waals surface area contributed by atoms with E-state index in [1.807, 2.05) is 6.08 Å². The highest BCUT2D eigenvalue weighted by atomic mass is 28.4. The van der Waals surface area contributed by atoms with E-state index < -0.39 is 8.32 Å². The molecule has 0 aliphatic rings. The van der Waals surface area contributed by atoms with Gasteiger partial charge in [-0.2, -0.15) is 0 Å². The van der Waals surface area contributed by atoms with E-state index >= 15 is 0 Å². The van der Waals surface area contributed by atoms with Crippen LogP contribution in [0, 0.1) is 12.3 Å². The minimum Gasteiger partial charge on any atom is -0.401 e. The van der Waals surface area contributed by atoms with E-state index in [9.17, 15) is 0 Å². The van der Waals surface area contributed by atoms with E-state index in [0.717, 1.165) is 6.42 Å². The Morgan fingerprint density at radius 3 is 1.84 bits per heavy atom.